The molecule has 1 atom stereocenters. The molecule has 5 nitrogen and oxygen atoms in total. The van der Waals surface area contributed by atoms with E-state index in [1.54, 1.807) is 0 Å². The van der Waals surface area contributed by atoms with Crippen LogP contribution in [0.3, 0.4) is 0 Å². The maximum absolute atomic E-state index is 14.0. The molecule has 22 heavy (non-hydrogen) atoms. The van der Waals surface area contributed by atoms with Crippen LogP contribution in [0.5, 0.6) is 11.5 Å². The highest BCUT2D eigenvalue weighted by molar-refractivity contribution is 5.74. The molecule has 0 aromatic heterocycles. The number of nitriles is 1. The number of phenolic OH excluding ortho intramolecular Hbond substituents is 1. The molecule has 0 radical (unpaired) electrons. The first kappa shape index (κ1) is 15.3. The molecule has 0 heterocycles. The SMILES string of the molecule is CC(Oc1ccc(O)c(-c2ccc(C#N)cc2F)c1)C(=O)O. The summed E-state index contributed by atoms with van der Waals surface area (Å²) in [5.41, 5.74) is 0.398. The monoisotopic (exact) mass is 301 g/mol. The molecule has 112 valence electrons. The van der Waals surface area contributed by atoms with Crippen LogP contribution in [0.15, 0.2) is 36.4 Å². The molecule has 1 unspecified atom stereocenters. The number of benzene rings is 2. The standard InChI is InChI=1S/C16H12FNO4/c1-9(16(20)21)22-11-3-5-15(19)13(7-11)12-4-2-10(8-18)6-14(12)17/h2-7,9,19H,1H3,(H,20,21). The van der Waals surface area contributed by atoms with Crippen LogP contribution >= 0.6 is 0 Å². The molecule has 0 bridgehead atoms. The van der Waals surface area contributed by atoms with Gasteiger partial charge in [-0.15, -0.1) is 0 Å². The number of phenols is 1. The van der Waals surface area contributed by atoms with Crippen molar-refractivity contribution in [3.8, 4) is 28.7 Å². The second-order valence-corrected chi connectivity index (χ2v) is 4.58. The number of carboxylic acids is 1. The summed E-state index contributed by atoms with van der Waals surface area (Å²) in [6.45, 7) is 1.36. The summed E-state index contributed by atoms with van der Waals surface area (Å²) in [6, 6.07) is 9.69. The lowest BCUT2D eigenvalue weighted by Gasteiger charge is -2.13. The fourth-order valence-corrected chi connectivity index (χ4v) is 1.86. The smallest absolute Gasteiger partial charge is 0.344 e. The number of hydrogen-bond donors (Lipinski definition) is 2. The second-order valence-electron chi connectivity index (χ2n) is 4.58. The zero-order valence-electron chi connectivity index (χ0n) is 11.6. The van der Waals surface area contributed by atoms with Crippen LogP contribution in [0.4, 0.5) is 4.39 Å². The fourth-order valence-electron chi connectivity index (χ4n) is 1.86. The predicted octanol–water partition coefficient (Wildman–Crippen LogP) is 2.92. The van der Waals surface area contributed by atoms with Gasteiger partial charge >= 0.3 is 5.97 Å². The molecule has 2 rings (SSSR count). The summed E-state index contributed by atoms with van der Waals surface area (Å²) in [5, 5.41) is 27.4. The molecule has 0 fully saturated rings. The topological polar surface area (TPSA) is 90.5 Å². The zero-order valence-corrected chi connectivity index (χ0v) is 11.6. The van der Waals surface area contributed by atoms with E-state index in [0.717, 1.165) is 6.07 Å². The highest BCUT2D eigenvalue weighted by Gasteiger charge is 2.15. The molecule has 0 aliphatic rings. The Balaban J connectivity index is 2.43. The van der Waals surface area contributed by atoms with Gasteiger partial charge in [-0.05, 0) is 43.3 Å². The molecule has 6 heteroatoms. The van der Waals surface area contributed by atoms with Crippen molar-refractivity contribution in [1.82, 2.24) is 0 Å². The van der Waals surface area contributed by atoms with Crippen molar-refractivity contribution in [3.05, 3.63) is 47.8 Å². The van der Waals surface area contributed by atoms with Crippen molar-refractivity contribution in [3.63, 3.8) is 0 Å². The maximum atomic E-state index is 14.0. The number of hydrogen-bond acceptors (Lipinski definition) is 4. The summed E-state index contributed by atoms with van der Waals surface area (Å²) in [6.07, 6.45) is -1.08. The summed E-state index contributed by atoms with van der Waals surface area (Å²) >= 11 is 0. The number of carbonyl (C=O) groups is 1. The Morgan fingerprint density at radius 2 is 2.00 bits per heavy atom. The zero-order chi connectivity index (χ0) is 16.3. The average molecular weight is 301 g/mol. The largest absolute Gasteiger partial charge is 0.507 e. The molecule has 2 N–H and O–H groups in total. The summed E-state index contributed by atoms with van der Waals surface area (Å²) in [5.74, 6) is -1.80. The molecule has 0 aliphatic heterocycles. The Labute approximate surface area is 125 Å². The number of rotatable bonds is 4. The first-order valence-corrected chi connectivity index (χ1v) is 6.35. The highest BCUT2D eigenvalue weighted by Crippen LogP contribution is 2.34. The van der Waals surface area contributed by atoms with Crippen molar-refractivity contribution < 1.29 is 24.1 Å². The minimum absolute atomic E-state index is 0.0879. The molecular formula is C16H12FNO4. The van der Waals surface area contributed by atoms with E-state index < -0.39 is 17.9 Å². The Hall–Kier alpha value is -3.07. The van der Waals surface area contributed by atoms with Gasteiger partial charge in [0, 0.05) is 11.1 Å². The van der Waals surface area contributed by atoms with Gasteiger partial charge in [-0.25, -0.2) is 9.18 Å². The third kappa shape index (κ3) is 3.15. The highest BCUT2D eigenvalue weighted by atomic mass is 19.1. The molecule has 0 amide bonds. The van der Waals surface area contributed by atoms with Crippen molar-refractivity contribution in [2.24, 2.45) is 0 Å². The molecule has 2 aromatic carbocycles. The quantitative estimate of drug-likeness (QED) is 0.906. The van der Waals surface area contributed by atoms with Gasteiger partial charge in [0.15, 0.2) is 6.10 Å². The van der Waals surface area contributed by atoms with Gasteiger partial charge < -0.3 is 14.9 Å². The van der Waals surface area contributed by atoms with Crippen LogP contribution in [0.1, 0.15) is 12.5 Å². The first-order valence-electron chi connectivity index (χ1n) is 6.35. The predicted molar refractivity (Wildman–Crippen MR) is 75.9 cm³/mol. The lowest BCUT2D eigenvalue weighted by atomic mass is 10.0. The number of ether oxygens (including phenoxy) is 1. The van der Waals surface area contributed by atoms with Crippen molar-refractivity contribution in [1.29, 1.82) is 5.26 Å². The molecule has 0 saturated carbocycles. The summed E-state index contributed by atoms with van der Waals surface area (Å²) in [4.78, 5) is 10.8. The lowest BCUT2D eigenvalue weighted by Crippen LogP contribution is -2.22. The number of nitrogens with zero attached hydrogens (tertiary/aromatic N) is 1. The van der Waals surface area contributed by atoms with Crippen LogP contribution in [-0.2, 0) is 4.79 Å². The van der Waals surface area contributed by atoms with E-state index >= 15 is 0 Å². The van der Waals surface area contributed by atoms with Gasteiger partial charge in [0.1, 0.15) is 17.3 Å². The van der Waals surface area contributed by atoms with Gasteiger partial charge in [-0.3, -0.25) is 0 Å². The minimum Gasteiger partial charge on any atom is -0.507 e. The second kappa shape index (κ2) is 6.14. The first-order chi connectivity index (χ1) is 10.4. The van der Waals surface area contributed by atoms with E-state index in [4.69, 9.17) is 15.1 Å². The number of carboxylic acid groups (broad SMARTS) is 1. The van der Waals surface area contributed by atoms with E-state index in [-0.39, 0.29) is 28.2 Å². The molecule has 0 aliphatic carbocycles. The number of aliphatic carboxylic acids is 1. The van der Waals surface area contributed by atoms with Crippen molar-refractivity contribution >= 4 is 5.97 Å². The number of halogens is 1. The summed E-state index contributed by atoms with van der Waals surface area (Å²) in [7, 11) is 0. The van der Waals surface area contributed by atoms with Gasteiger partial charge in [-0.2, -0.15) is 5.26 Å². The average Bonchev–Trinajstić information content (AvgIpc) is 2.49. The molecule has 2 aromatic rings. The van der Waals surface area contributed by atoms with Gasteiger partial charge in [0.2, 0.25) is 0 Å². The third-order valence-electron chi connectivity index (χ3n) is 3.02. The van der Waals surface area contributed by atoms with E-state index in [1.165, 1.54) is 37.3 Å². The van der Waals surface area contributed by atoms with Crippen LogP contribution in [-0.4, -0.2) is 22.3 Å². The number of aromatic hydroxyl groups is 1. The van der Waals surface area contributed by atoms with Gasteiger partial charge in [0.05, 0.1) is 11.6 Å². The molecular weight excluding hydrogens is 289 g/mol. The fraction of sp³-hybridized carbons (Fsp3) is 0.125. The van der Waals surface area contributed by atoms with Crippen LogP contribution in [0.25, 0.3) is 11.1 Å². The Bertz CT molecular complexity index is 767. The normalized spacial score (nSPS) is 11.5. The summed E-state index contributed by atoms with van der Waals surface area (Å²) < 4.78 is 19.2. The lowest BCUT2D eigenvalue weighted by molar-refractivity contribution is -0.144. The minimum atomic E-state index is -1.14. The van der Waals surface area contributed by atoms with Crippen LogP contribution in [0, 0.1) is 17.1 Å². The Kier molecular flexibility index (Phi) is 4.28. The maximum Gasteiger partial charge on any atom is 0.344 e. The van der Waals surface area contributed by atoms with E-state index in [9.17, 15) is 14.3 Å². The van der Waals surface area contributed by atoms with Crippen LogP contribution < -0.4 is 4.74 Å². The van der Waals surface area contributed by atoms with Crippen LogP contribution in [0.2, 0.25) is 0 Å². The Morgan fingerprint density at radius 1 is 1.27 bits per heavy atom. The van der Waals surface area contributed by atoms with Crippen molar-refractivity contribution in [2.45, 2.75) is 13.0 Å². The van der Waals surface area contributed by atoms with Gasteiger partial charge in [-0.1, -0.05) is 0 Å². The molecule has 0 spiro atoms. The van der Waals surface area contributed by atoms with E-state index in [2.05, 4.69) is 0 Å². The Morgan fingerprint density at radius 3 is 2.59 bits per heavy atom. The molecule has 0 saturated heterocycles. The third-order valence-corrected chi connectivity index (χ3v) is 3.02. The van der Waals surface area contributed by atoms with E-state index in [1.807, 2.05) is 6.07 Å². The van der Waals surface area contributed by atoms with Gasteiger partial charge in [0.25, 0.3) is 0 Å². The van der Waals surface area contributed by atoms with E-state index in [0.29, 0.717) is 0 Å². The van der Waals surface area contributed by atoms with Crippen molar-refractivity contribution in [2.75, 3.05) is 0 Å².